The zero-order valence-electron chi connectivity index (χ0n) is 14.0. The number of halogens is 1. The van der Waals surface area contributed by atoms with Gasteiger partial charge in [-0.15, -0.1) is 11.6 Å². The van der Waals surface area contributed by atoms with Crippen LogP contribution in [0, 0.1) is 17.3 Å². The molecule has 0 aliphatic heterocycles. The van der Waals surface area contributed by atoms with Gasteiger partial charge in [0.1, 0.15) is 5.38 Å². The lowest BCUT2D eigenvalue weighted by Gasteiger charge is -2.38. The summed E-state index contributed by atoms with van der Waals surface area (Å²) in [6.45, 7) is 6.98. The summed E-state index contributed by atoms with van der Waals surface area (Å²) in [6.07, 6.45) is 10.7. The van der Waals surface area contributed by atoms with E-state index in [9.17, 15) is 4.79 Å². The van der Waals surface area contributed by atoms with Crippen LogP contribution in [0.25, 0.3) is 0 Å². The van der Waals surface area contributed by atoms with Crippen molar-refractivity contribution < 1.29 is 4.79 Å². The van der Waals surface area contributed by atoms with Crippen LogP contribution in [0.3, 0.4) is 0 Å². The van der Waals surface area contributed by atoms with E-state index in [2.05, 4.69) is 26.1 Å². The Morgan fingerprint density at radius 3 is 2.10 bits per heavy atom. The van der Waals surface area contributed by atoms with E-state index in [0.29, 0.717) is 17.4 Å². The minimum Gasteiger partial charge on any atom is -0.352 e. The van der Waals surface area contributed by atoms with Gasteiger partial charge in [-0.1, -0.05) is 40.0 Å². The van der Waals surface area contributed by atoms with Crippen LogP contribution in [0.15, 0.2) is 0 Å². The molecular formula is C18H32ClNO. The van der Waals surface area contributed by atoms with Gasteiger partial charge >= 0.3 is 0 Å². The maximum atomic E-state index is 12.3. The zero-order chi connectivity index (χ0) is 15.5. The Hall–Kier alpha value is -0.240. The minimum absolute atomic E-state index is 0.0859. The van der Waals surface area contributed by atoms with Gasteiger partial charge in [-0.3, -0.25) is 4.79 Å². The highest BCUT2D eigenvalue weighted by molar-refractivity contribution is 6.31. The van der Waals surface area contributed by atoms with Crippen LogP contribution in [0.4, 0.5) is 0 Å². The van der Waals surface area contributed by atoms with E-state index in [1.54, 1.807) is 0 Å². The van der Waals surface area contributed by atoms with Gasteiger partial charge in [0.05, 0.1) is 0 Å². The van der Waals surface area contributed by atoms with Gasteiger partial charge in [-0.05, 0) is 55.8 Å². The first kappa shape index (κ1) is 17.1. The molecule has 2 saturated carbocycles. The van der Waals surface area contributed by atoms with Gasteiger partial charge < -0.3 is 5.32 Å². The second-order valence-corrected chi connectivity index (χ2v) is 8.69. The number of rotatable bonds is 3. The molecule has 1 N–H and O–H groups in total. The lowest BCUT2D eigenvalue weighted by atomic mass is 9.69. The van der Waals surface area contributed by atoms with Crippen LogP contribution >= 0.6 is 11.6 Å². The van der Waals surface area contributed by atoms with Crippen molar-refractivity contribution >= 4 is 17.5 Å². The van der Waals surface area contributed by atoms with E-state index in [1.807, 2.05) is 0 Å². The largest absolute Gasteiger partial charge is 0.352 e. The van der Waals surface area contributed by atoms with Crippen LogP contribution in [0.5, 0.6) is 0 Å². The van der Waals surface area contributed by atoms with Crippen molar-refractivity contribution in [2.75, 3.05) is 0 Å². The molecule has 2 fully saturated rings. The quantitative estimate of drug-likeness (QED) is 0.738. The number of carbonyl (C=O) groups is 1. The van der Waals surface area contributed by atoms with E-state index in [-0.39, 0.29) is 11.3 Å². The zero-order valence-corrected chi connectivity index (χ0v) is 14.7. The molecule has 0 aromatic heterocycles. The van der Waals surface area contributed by atoms with Gasteiger partial charge in [-0.25, -0.2) is 0 Å². The molecule has 1 atom stereocenters. The summed E-state index contributed by atoms with van der Waals surface area (Å²) < 4.78 is 0. The highest BCUT2D eigenvalue weighted by atomic mass is 35.5. The number of hydrogen-bond donors (Lipinski definition) is 1. The molecule has 1 unspecified atom stereocenters. The van der Waals surface area contributed by atoms with Crippen LogP contribution in [0.2, 0.25) is 0 Å². The van der Waals surface area contributed by atoms with Crippen molar-refractivity contribution in [1.29, 1.82) is 0 Å². The molecule has 122 valence electrons. The Morgan fingerprint density at radius 2 is 1.57 bits per heavy atom. The van der Waals surface area contributed by atoms with E-state index in [0.717, 1.165) is 31.6 Å². The topological polar surface area (TPSA) is 29.1 Å². The monoisotopic (exact) mass is 313 g/mol. The van der Waals surface area contributed by atoms with Crippen molar-refractivity contribution in [2.45, 2.75) is 90.0 Å². The maximum absolute atomic E-state index is 12.3. The highest BCUT2D eigenvalue weighted by Crippen LogP contribution is 2.41. The van der Waals surface area contributed by atoms with Crippen molar-refractivity contribution in [3.63, 3.8) is 0 Å². The summed E-state index contributed by atoms with van der Waals surface area (Å²) in [4.78, 5) is 12.3. The molecule has 0 bridgehead atoms. The van der Waals surface area contributed by atoms with Crippen LogP contribution in [-0.2, 0) is 4.79 Å². The molecule has 0 spiro atoms. The number of nitrogens with one attached hydrogen (secondary N) is 1. The first-order valence-electron chi connectivity index (χ1n) is 8.82. The molecule has 2 aliphatic rings. The fraction of sp³-hybridized carbons (Fsp3) is 0.944. The lowest BCUT2D eigenvalue weighted by molar-refractivity contribution is -0.122. The number of amides is 1. The second-order valence-electron chi connectivity index (χ2n) is 8.22. The minimum atomic E-state index is -0.326. The predicted molar refractivity (Wildman–Crippen MR) is 89.6 cm³/mol. The average Bonchev–Trinajstić information content (AvgIpc) is 2.46. The third kappa shape index (κ3) is 4.87. The molecule has 0 aromatic carbocycles. The Bertz CT molecular complexity index is 336. The number of hydrogen-bond acceptors (Lipinski definition) is 1. The summed E-state index contributed by atoms with van der Waals surface area (Å²) in [5.74, 6) is 1.23. The number of carbonyl (C=O) groups excluding carboxylic acids is 1. The predicted octanol–water partition coefficient (Wildman–Crippen LogP) is 4.90. The van der Waals surface area contributed by atoms with Crippen LogP contribution < -0.4 is 5.32 Å². The summed E-state index contributed by atoms with van der Waals surface area (Å²) in [7, 11) is 0. The molecular weight excluding hydrogens is 282 g/mol. The van der Waals surface area contributed by atoms with Crippen LogP contribution in [0.1, 0.15) is 78.6 Å². The molecule has 2 rings (SSSR count). The Balaban J connectivity index is 1.78. The normalized spacial score (nSPS) is 29.9. The molecule has 0 heterocycles. The maximum Gasteiger partial charge on any atom is 0.238 e. The molecule has 0 saturated heterocycles. The Morgan fingerprint density at radius 1 is 1.00 bits per heavy atom. The standard InChI is InChI=1S/C18H32ClNO/c1-18(2,3)14-11-9-13(10-12-14)16(19)17(21)20-15-7-5-4-6-8-15/h13-16H,4-12H2,1-3H3,(H,20,21). The van der Waals surface area contributed by atoms with Gasteiger partial charge in [0.2, 0.25) is 5.91 Å². The number of alkyl halides is 1. The van der Waals surface area contributed by atoms with E-state index < -0.39 is 0 Å². The average molecular weight is 314 g/mol. The molecule has 0 aromatic rings. The molecule has 2 nitrogen and oxygen atoms in total. The van der Waals surface area contributed by atoms with Crippen LogP contribution in [-0.4, -0.2) is 17.3 Å². The summed E-state index contributed by atoms with van der Waals surface area (Å²) >= 11 is 6.48. The van der Waals surface area contributed by atoms with Gasteiger partial charge in [-0.2, -0.15) is 0 Å². The van der Waals surface area contributed by atoms with Crippen molar-refractivity contribution in [3.8, 4) is 0 Å². The van der Waals surface area contributed by atoms with Crippen molar-refractivity contribution in [1.82, 2.24) is 5.32 Å². The summed E-state index contributed by atoms with van der Waals surface area (Å²) in [5.41, 5.74) is 0.386. The first-order chi connectivity index (χ1) is 9.88. The van der Waals surface area contributed by atoms with Gasteiger partial charge in [0.15, 0.2) is 0 Å². The Labute approximate surface area is 135 Å². The smallest absolute Gasteiger partial charge is 0.238 e. The SMILES string of the molecule is CC(C)(C)C1CCC(C(Cl)C(=O)NC2CCCCC2)CC1. The summed E-state index contributed by atoms with van der Waals surface area (Å²) in [6, 6.07) is 0.374. The molecule has 0 radical (unpaired) electrons. The first-order valence-corrected chi connectivity index (χ1v) is 9.26. The summed E-state index contributed by atoms with van der Waals surface area (Å²) in [5, 5.41) is 2.86. The fourth-order valence-electron chi connectivity index (χ4n) is 4.02. The fourth-order valence-corrected chi connectivity index (χ4v) is 4.33. The lowest BCUT2D eigenvalue weighted by Crippen LogP contribution is -2.43. The van der Waals surface area contributed by atoms with Gasteiger partial charge in [0.25, 0.3) is 0 Å². The van der Waals surface area contributed by atoms with E-state index in [4.69, 9.17) is 11.6 Å². The van der Waals surface area contributed by atoms with Crippen molar-refractivity contribution in [2.24, 2.45) is 17.3 Å². The third-order valence-corrected chi connectivity index (χ3v) is 6.17. The molecule has 2 aliphatic carbocycles. The van der Waals surface area contributed by atoms with E-state index in [1.165, 1.54) is 32.1 Å². The molecule has 3 heteroatoms. The second kappa shape index (κ2) is 7.35. The third-order valence-electron chi connectivity index (χ3n) is 5.61. The van der Waals surface area contributed by atoms with Crippen molar-refractivity contribution in [3.05, 3.63) is 0 Å². The van der Waals surface area contributed by atoms with E-state index >= 15 is 0 Å². The molecule has 1 amide bonds. The Kier molecular flexibility index (Phi) is 5.99. The molecule has 21 heavy (non-hydrogen) atoms. The highest BCUT2D eigenvalue weighted by Gasteiger charge is 2.35. The van der Waals surface area contributed by atoms with Gasteiger partial charge in [0, 0.05) is 6.04 Å².